The zero-order chi connectivity index (χ0) is 16.1. The second kappa shape index (κ2) is 5.04. The molecule has 22 heavy (non-hydrogen) atoms. The molecule has 0 bridgehead atoms. The van der Waals surface area contributed by atoms with Crippen molar-refractivity contribution >= 4 is 45.2 Å². The maximum atomic E-state index is 11.1. The number of aromatic nitrogens is 1. The Morgan fingerprint density at radius 1 is 1.27 bits per heavy atom. The molecule has 5 nitrogen and oxygen atoms in total. The Morgan fingerprint density at radius 2 is 1.91 bits per heavy atom. The summed E-state index contributed by atoms with van der Waals surface area (Å²) in [4.78, 5) is 15.5. The molecule has 0 spiro atoms. The van der Waals surface area contributed by atoms with Gasteiger partial charge in [0.15, 0.2) is 5.13 Å². The lowest BCUT2D eigenvalue weighted by molar-refractivity contribution is -0.114. The summed E-state index contributed by atoms with van der Waals surface area (Å²) in [7, 11) is -0.388. The van der Waals surface area contributed by atoms with Crippen LogP contribution < -0.4 is 10.8 Å². The first-order valence-corrected chi connectivity index (χ1v) is 8.03. The predicted molar refractivity (Wildman–Crippen MR) is 91.8 cm³/mol. The van der Waals surface area contributed by atoms with Gasteiger partial charge in [-0.3, -0.25) is 4.79 Å². The summed E-state index contributed by atoms with van der Waals surface area (Å²) in [6, 6.07) is 5.90. The molecule has 1 fully saturated rings. The summed E-state index contributed by atoms with van der Waals surface area (Å²) < 4.78 is 13.1. The third-order valence-corrected chi connectivity index (χ3v) is 5.15. The average Bonchev–Trinajstić information content (AvgIpc) is 2.85. The van der Waals surface area contributed by atoms with Gasteiger partial charge in [0.25, 0.3) is 0 Å². The Bertz CT molecular complexity index is 731. The molecule has 3 rings (SSSR count). The molecule has 0 atom stereocenters. The fraction of sp³-hybridized carbons (Fsp3) is 0.467. The van der Waals surface area contributed by atoms with E-state index in [1.54, 1.807) is 0 Å². The molecule has 1 aromatic heterocycles. The number of fused-ring (bicyclic) bond motifs is 1. The van der Waals surface area contributed by atoms with Gasteiger partial charge in [-0.1, -0.05) is 17.4 Å². The molecule has 0 saturated carbocycles. The number of carbonyl (C=O) groups excluding carboxylic acids is 1. The molecule has 1 amide bonds. The molecular formula is C15H21BN2O3S. The van der Waals surface area contributed by atoms with E-state index < -0.39 is 0 Å². The van der Waals surface area contributed by atoms with E-state index in [0.29, 0.717) is 5.13 Å². The van der Waals surface area contributed by atoms with Gasteiger partial charge < -0.3 is 14.6 Å². The summed E-state index contributed by atoms with van der Waals surface area (Å²) >= 11 is 1.44. The number of carbonyl (C=O) groups is 1. The Labute approximate surface area is 135 Å². The number of hydrogen-bond acceptors (Lipinski definition) is 5. The lowest BCUT2D eigenvalue weighted by atomic mass is 9.79. The van der Waals surface area contributed by atoms with Crippen molar-refractivity contribution in [2.45, 2.75) is 45.8 Å². The van der Waals surface area contributed by atoms with Crippen LogP contribution in [0.2, 0.25) is 0 Å². The highest BCUT2D eigenvalue weighted by Gasteiger charge is 2.51. The van der Waals surface area contributed by atoms with E-state index >= 15 is 0 Å². The lowest BCUT2D eigenvalue weighted by Gasteiger charge is -2.32. The summed E-state index contributed by atoms with van der Waals surface area (Å²) in [6.45, 7) is 9.61. The van der Waals surface area contributed by atoms with E-state index in [2.05, 4.69) is 10.3 Å². The third-order valence-electron chi connectivity index (χ3n) is 4.22. The van der Waals surface area contributed by atoms with Crippen LogP contribution in [0.15, 0.2) is 18.2 Å². The second-order valence-electron chi connectivity index (χ2n) is 6.52. The van der Waals surface area contributed by atoms with Gasteiger partial charge >= 0.3 is 7.12 Å². The summed E-state index contributed by atoms with van der Waals surface area (Å²) in [5.41, 5.74) is 1.10. The number of amides is 1. The largest absolute Gasteiger partial charge is 0.494 e. The molecule has 118 valence electrons. The summed E-state index contributed by atoms with van der Waals surface area (Å²) in [6.07, 6.45) is 0. The standard InChI is InChI=1S/C15H19BN2O3S.H2/c1-9(19)17-13-18-11-7-6-10(8-12(11)22-13)16-20-14(2,3)15(4,5)21-16;/h6-8H,1-5H3,(H,17,18,19);1H. The Morgan fingerprint density at radius 3 is 2.50 bits per heavy atom. The minimum atomic E-state index is -0.388. The molecule has 2 heterocycles. The van der Waals surface area contributed by atoms with Gasteiger partial charge in [-0.25, -0.2) is 4.98 Å². The summed E-state index contributed by atoms with van der Waals surface area (Å²) in [5.74, 6) is -0.120. The predicted octanol–water partition coefficient (Wildman–Crippen LogP) is 2.80. The SMILES string of the molecule is CC(=O)Nc1nc2ccc(B3OC(C)(C)C(C)(C)O3)cc2s1.[HH]. The fourth-order valence-electron chi connectivity index (χ4n) is 2.27. The number of rotatable bonds is 2. The minimum Gasteiger partial charge on any atom is -0.399 e. The quantitative estimate of drug-likeness (QED) is 0.865. The van der Waals surface area contributed by atoms with E-state index in [1.165, 1.54) is 18.3 Å². The molecule has 1 aromatic carbocycles. The van der Waals surface area contributed by atoms with Gasteiger partial charge in [0, 0.05) is 8.35 Å². The van der Waals surface area contributed by atoms with Crippen molar-refractivity contribution in [2.24, 2.45) is 0 Å². The highest BCUT2D eigenvalue weighted by atomic mass is 32.1. The third kappa shape index (κ3) is 2.64. The number of nitrogens with zero attached hydrogens (tertiary/aromatic N) is 1. The van der Waals surface area contributed by atoms with Crippen LogP contribution in [0.25, 0.3) is 10.2 Å². The Hall–Kier alpha value is -1.44. The van der Waals surface area contributed by atoms with Crippen LogP contribution in [0, 0.1) is 0 Å². The molecule has 1 saturated heterocycles. The highest BCUT2D eigenvalue weighted by molar-refractivity contribution is 7.22. The number of thiazole rings is 1. The van der Waals surface area contributed by atoms with Gasteiger partial charge in [0.2, 0.25) is 5.91 Å². The van der Waals surface area contributed by atoms with Crippen LogP contribution in [0.4, 0.5) is 5.13 Å². The first kappa shape index (κ1) is 15.5. The molecular weight excluding hydrogens is 299 g/mol. The van der Waals surface area contributed by atoms with Gasteiger partial charge in [-0.15, -0.1) is 0 Å². The topological polar surface area (TPSA) is 60.5 Å². The first-order valence-electron chi connectivity index (χ1n) is 7.22. The van der Waals surface area contributed by atoms with Crippen LogP contribution in [0.5, 0.6) is 0 Å². The van der Waals surface area contributed by atoms with Crippen molar-refractivity contribution in [3.05, 3.63) is 18.2 Å². The Kier molecular flexibility index (Phi) is 3.54. The van der Waals surface area contributed by atoms with Gasteiger partial charge in [0.05, 0.1) is 21.4 Å². The zero-order valence-electron chi connectivity index (χ0n) is 13.4. The zero-order valence-corrected chi connectivity index (χ0v) is 14.2. The van der Waals surface area contributed by atoms with E-state index in [1.807, 2.05) is 45.9 Å². The Balaban J connectivity index is 0.00000192. The molecule has 7 heteroatoms. The fourth-order valence-corrected chi connectivity index (χ4v) is 3.23. The number of nitrogens with one attached hydrogen (secondary N) is 1. The van der Waals surface area contributed by atoms with Crippen LogP contribution >= 0.6 is 11.3 Å². The number of benzene rings is 1. The van der Waals surface area contributed by atoms with Gasteiger partial charge in [0.1, 0.15) is 0 Å². The second-order valence-corrected chi connectivity index (χ2v) is 7.55. The highest BCUT2D eigenvalue weighted by Crippen LogP contribution is 2.36. The monoisotopic (exact) mass is 320 g/mol. The van der Waals surface area contributed by atoms with E-state index in [4.69, 9.17) is 9.31 Å². The normalized spacial score (nSPS) is 19.6. The molecule has 2 aromatic rings. The molecule has 0 aliphatic carbocycles. The van der Waals surface area contributed by atoms with E-state index in [9.17, 15) is 4.79 Å². The minimum absolute atomic E-state index is 0. The maximum Gasteiger partial charge on any atom is 0.494 e. The van der Waals surface area contributed by atoms with Crippen molar-refractivity contribution < 1.29 is 15.5 Å². The van der Waals surface area contributed by atoms with Crippen LogP contribution in [-0.2, 0) is 14.1 Å². The average molecular weight is 320 g/mol. The maximum absolute atomic E-state index is 11.1. The number of anilines is 1. The number of hydrogen-bond donors (Lipinski definition) is 1. The van der Waals surface area contributed by atoms with Crippen molar-refractivity contribution in [3.63, 3.8) is 0 Å². The lowest BCUT2D eigenvalue weighted by Crippen LogP contribution is -2.41. The van der Waals surface area contributed by atoms with Crippen molar-refractivity contribution in [3.8, 4) is 0 Å². The molecule has 1 aliphatic rings. The molecule has 1 aliphatic heterocycles. The van der Waals surface area contributed by atoms with E-state index in [0.717, 1.165) is 15.7 Å². The van der Waals surface area contributed by atoms with Gasteiger partial charge in [-0.2, -0.15) is 0 Å². The van der Waals surface area contributed by atoms with Gasteiger partial charge in [-0.05, 0) is 45.3 Å². The molecule has 1 N–H and O–H groups in total. The van der Waals surface area contributed by atoms with Crippen LogP contribution in [-0.4, -0.2) is 29.2 Å². The van der Waals surface area contributed by atoms with Crippen LogP contribution in [0.1, 0.15) is 36.0 Å². The smallest absolute Gasteiger partial charge is 0.399 e. The van der Waals surface area contributed by atoms with Crippen molar-refractivity contribution in [1.82, 2.24) is 4.98 Å². The van der Waals surface area contributed by atoms with E-state index in [-0.39, 0.29) is 25.7 Å². The van der Waals surface area contributed by atoms with Crippen molar-refractivity contribution in [1.29, 1.82) is 0 Å². The van der Waals surface area contributed by atoms with Crippen molar-refractivity contribution in [2.75, 3.05) is 5.32 Å². The van der Waals surface area contributed by atoms with Crippen LogP contribution in [0.3, 0.4) is 0 Å². The molecule has 0 unspecified atom stereocenters. The first-order chi connectivity index (χ1) is 10.2. The summed E-state index contributed by atoms with van der Waals surface area (Å²) in [5, 5.41) is 3.32. The molecule has 0 radical (unpaired) electrons.